The summed E-state index contributed by atoms with van der Waals surface area (Å²) in [5.41, 5.74) is 3.67. The van der Waals surface area contributed by atoms with Crippen LogP contribution in [0.1, 0.15) is 29.8 Å². The fourth-order valence-corrected chi connectivity index (χ4v) is 2.94. The summed E-state index contributed by atoms with van der Waals surface area (Å²) in [5, 5.41) is 6.04. The average Bonchev–Trinajstić information content (AvgIpc) is 2.73. The van der Waals surface area contributed by atoms with Crippen molar-refractivity contribution >= 4 is 22.9 Å². The Morgan fingerprint density at radius 1 is 0.966 bits per heavy atom. The highest BCUT2D eigenvalue weighted by molar-refractivity contribution is 6.02. The Bertz CT molecular complexity index is 1040. The summed E-state index contributed by atoms with van der Waals surface area (Å²) in [4.78, 5) is 12.7. The van der Waals surface area contributed by atoms with Gasteiger partial charge in [-0.1, -0.05) is 30.3 Å². The maximum absolute atomic E-state index is 12.7. The number of hydrazone groups is 1. The number of hydrogen-bond donors (Lipinski definition) is 1. The van der Waals surface area contributed by atoms with Gasteiger partial charge in [0.25, 0.3) is 5.91 Å². The summed E-state index contributed by atoms with van der Waals surface area (Å²) in [6.45, 7) is 3.86. The van der Waals surface area contributed by atoms with E-state index in [-0.39, 0.29) is 12.0 Å². The molecule has 0 spiro atoms. The quantitative estimate of drug-likeness (QED) is 0.478. The molecule has 0 fully saturated rings. The minimum absolute atomic E-state index is 0.0325. The van der Waals surface area contributed by atoms with Crippen LogP contribution in [0.15, 0.2) is 59.7 Å². The molecule has 0 saturated carbocycles. The van der Waals surface area contributed by atoms with Crippen molar-refractivity contribution in [3.8, 4) is 17.2 Å². The highest BCUT2D eigenvalue weighted by Gasteiger charge is 2.14. The van der Waals surface area contributed by atoms with Crippen LogP contribution in [0, 0.1) is 0 Å². The zero-order valence-corrected chi connectivity index (χ0v) is 16.9. The Morgan fingerprint density at radius 2 is 1.66 bits per heavy atom. The van der Waals surface area contributed by atoms with Crippen LogP contribution in [-0.4, -0.2) is 32.4 Å². The smallest absolute Gasteiger partial charge is 0.275 e. The van der Waals surface area contributed by atoms with Gasteiger partial charge in [-0.25, -0.2) is 5.43 Å². The zero-order chi connectivity index (χ0) is 20.8. The van der Waals surface area contributed by atoms with Gasteiger partial charge in [-0.15, -0.1) is 0 Å². The third kappa shape index (κ3) is 4.66. The van der Waals surface area contributed by atoms with Crippen LogP contribution < -0.4 is 19.6 Å². The van der Waals surface area contributed by atoms with Crippen LogP contribution in [0.2, 0.25) is 0 Å². The Balaban J connectivity index is 1.84. The summed E-state index contributed by atoms with van der Waals surface area (Å²) in [6.07, 6.45) is 1.50. The summed E-state index contributed by atoms with van der Waals surface area (Å²) in [6, 6.07) is 16.9. The second-order valence-electron chi connectivity index (χ2n) is 6.64. The second-order valence-corrected chi connectivity index (χ2v) is 6.64. The fourth-order valence-electron chi connectivity index (χ4n) is 2.94. The summed E-state index contributed by atoms with van der Waals surface area (Å²) in [5.74, 6) is 1.30. The van der Waals surface area contributed by atoms with E-state index < -0.39 is 0 Å². The van der Waals surface area contributed by atoms with E-state index in [1.165, 1.54) is 13.3 Å². The molecule has 0 aliphatic heterocycles. The lowest BCUT2D eigenvalue weighted by atomic mass is 10.1. The maximum Gasteiger partial charge on any atom is 0.275 e. The van der Waals surface area contributed by atoms with Gasteiger partial charge in [-0.2, -0.15) is 5.10 Å². The Hall–Kier alpha value is -3.54. The van der Waals surface area contributed by atoms with Crippen molar-refractivity contribution in [3.05, 3.63) is 65.7 Å². The van der Waals surface area contributed by atoms with E-state index >= 15 is 0 Å². The number of rotatable bonds is 7. The zero-order valence-electron chi connectivity index (χ0n) is 16.9. The maximum atomic E-state index is 12.7. The van der Waals surface area contributed by atoms with Gasteiger partial charge >= 0.3 is 0 Å². The van der Waals surface area contributed by atoms with Crippen LogP contribution in [0.3, 0.4) is 0 Å². The normalized spacial score (nSPS) is 11.1. The minimum atomic E-state index is -0.363. The van der Waals surface area contributed by atoms with Crippen molar-refractivity contribution < 1.29 is 19.0 Å². The van der Waals surface area contributed by atoms with Crippen molar-refractivity contribution in [3.63, 3.8) is 0 Å². The molecule has 0 saturated heterocycles. The molecule has 150 valence electrons. The van der Waals surface area contributed by atoms with Crippen LogP contribution in [0.5, 0.6) is 17.2 Å². The van der Waals surface area contributed by atoms with Gasteiger partial charge in [0.15, 0.2) is 11.5 Å². The number of nitrogens with one attached hydrogen (secondary N) is 1. The molecule has 0 aromatic heterocycles. The molecule has 3 rings (SSSR count). The van der Waals surface area contributed by atoms with E-state index in [1.54, 1.807) is 13.2 Å². The van der Waals surface area contributed by atoms with Crippen LogP contribution >= 0.6 is 0 Å². The van der Waals surface area contributed by atoms with Gasteiger partial charge in [-0.3, -0.25) is 4.79 Å². The van der Waals surface area contributed by atoms with Gasteiger partial charge in [-0.05, 0) is 48.9 Å². The number of benzene rings is 3. The molecule has 1 amide bonds. The van der Waals surface area contributed by atoms with Crippen molar-refractivity contribution in [2.75, 3.05) is 14.2 Å². The molecule has 0 aliphatic carbocycles. The van der Waals surface area contributed by atoms with E-state index in [2.05, 4.69) is 10.5 Å². The first-order valence-corrected chi connectivity index (χ1v) is 9.27. The number of hydrogen-bond acceptors (Lipinski definition) is 5. The molecule has 3 aromatic rings. The molecule has 0 radical (unpaired) electrons. The van der Waals surface area contributed by atoms with Gasteiger partial charge in [0, 0.05) is 5.56 Å². The van der Waals surface area contributed by atoms with E-state index in [1.807, 2.05) is 62.4 Å². The monoisotopic (exact) mass is 392 g/mol. The molecule has 1 N–H and O–H groups in total. The Morgan fingerprint density at radius 3 is 2.31 bits per heavy atom. The topological polar surface area (TPSA) is 69.2 Å². The predicted molar refractivity (Wildman–Crippen MR) is 114 cm³/mol. The van der Waals surface area contributed by atoms with Gasteiger partial charge < -0.3 is 14.2 Å². The van der Waals surface area contributed by atoms with Crippen LogP contribution in [0.4, 0.5) is 0 Å². The largest absolute Gasteiger partial charge is 0.496 e. The Labute approximate surface area is 170 Å². The summed E-state index contributed by atoms with van der Waals surface area (Å²) in [7, 11) is 3.12. The molecule has 0 heterocycles. The highest BCUT2D eigenvalue weighted by Crippen LogP contribution is 2.31. The SMILES string of the molecule is COc1cc2ccccc2cc1C(=O)N/N=C\c1cccc(OC)c1OC(C)C. The van der Waals surface area contributed by atoms with Crippen molar-refractivity contribution in [2.24, 2.45) is 5.10 Å². The predicted octanol–water partition coefficient (Wildman–Crippen LogP) is 4.41. The molecular formula is C23H24N2O4. The summed E-state index contributed by atoms with van der Waals surface area (Å²) >= 11 is 0. The number of fused-ring (bicyclic) bond motifs is 1. The lowest BCUT2D eigenvalue weighted by molar-refractivity contribution is 0.0952. The van der Waals surface area contributed by atoms with Crippen molar-refractivity contribution in [1.82, 2.24) is 5.43 Å². The van der Waals surface area contributed by atoms with Crippen LogP contribution in [0.25, 0.3) is 10.8 Å². The van der Waals surface area contributed by atoms with E-state index in [0.717, 1.165) is 10.8 Å². The van der Waals surface area contributed by atoms with E-state index in [4.69, 9.17) is 14.2 Å². The number of carbonyl (C=O) groups is 1. The van der Waals surface area contributed by atoms with Gasteiger partial charge in [0.1, 0.15) is 5.75 Å². The lowest BCUT2D eigenvalue weighted by Crippen LogP contribution is -2.18. The fraction of sp³-hybridized carbons (Fsp3) is 0.217. The highest BCUT2D eigenvalue weighted by atomic mass is 16.5. The van der Waals surface area contributed by atoms with E-state index in [9.17, 15) is 4.79 Å². The van der Waals surface area contributed by atoms with E-state index in [0.29, 0.717) is 28.4 Å². The molecule has 6 nitrogen and oxygen atoms in total. The third-order valence-corrected chi connectivity index (χ3v) is 4.27. The third-order valence-electron chi connectivity index (χ3n) is 4.27. The molecule has 3 aromatic carbocycles. The van der Waals surface area contributed by atoms with Crippen LogP contribution in [-0.2, 0) is 0 Å². The number of nitrogens with zero attached hydrogens (tertiary/aromatic N) is 1. The first-order valence-electron chi connectivity index (χ1n) is 9.27. The Kier molecular flexibility index (Phi) is 6.34. The van der Waals surface area contributed by atoms with Crippen molar-refractivity contribution in [2.45, 2.75) is 20.0 Å². The van der Waals surface area contributed by atoms with Crippen molar-refractivity contribution in [1.29, 1.82) is 0 Å². The second kappa shape index (κ2) is 9.10. The number of methoxy groups -OCH3 is 2. The van der Waals surface area contributed by atoms with Gasteiger partial charge in [0.05, 0.1) is 32.1 Å². The molecule has 6 heteroatoms. The number of amides is 1. The molecule has 29 heavy (non-hydrogen) atoms. The molecule has 0 unspecified atom stereocenters. The van der Waals surface area contributed by atoms with Gasteiger partial charge in [0.2, 0.25) is 0 Å². The minimum Gasteiger partial charge on any atom is -0.496 e. The molecule has 0 bridgehead atoms. The number of ether oxygens (including phenoxy) is 3. The standard InChI is InChI=1S/C23H24N2O4/c1-15(2)29-22-18(10-7-11-20(22)27-3)14-24-25-23(26)19-12-16-8-5-6-9-17(16)13-21(19)28-4/h5-15H,1-4H3,(H,25,26)/b24-14-. The first kappa shape index (κ1) is 20.2. The number of carbonyl (C=O) groups excluding carboxylic acids is 1. The molecular weight excluding hydrogens is 368 g/mol. The molecule has 0 atom stereocenters. The average molecular weight is 392 g/mol. The summed E-state index contributed by atoms with van der Waals surface area (Å²) < 4.78 is 16.6. The number of para-hydroxylation sites is 1. The lowest BCUT2D eigenvalue weighted by Gasteiger charge is -2.15. The molecule has 0 aliphatic rings. The first-order chi connectivity index (χ1) is 14.0.